The molecule has 4 nitrogen and oxygen atoms in total. The average molecular weight is 381 g/mol. The second kappa shape index (κ2) is 6.14. The summed E-state index contributed by atoms with van der Waals surface area (Å²) in [7, 11) is 2.19. The molecule has 3 rings (SSSR count). The second-order valence-corrected chi connectivity index (χ2v) is 9.20. The molecule has 0 aromatic rings. The predicted molar refractivity (Wildman–Crippen MR) is 119 cm³/mol. The van der Waals surface area contributed by atoms with Gasteiger partial charge >= 0.3 is 0 Å². The highest BCUT2D eigenvalue weighted by Gasteiger charge is 2.69. The van der Waals surface area contributed by atoms with Crippen LogP contribution in [-0.2, 0) is 0 Å². The van der Waals surface area contributed by atoms with Crippen molar-refractivity contribution in [3.8, 4) is 0 Å². The van der Waals surface area contributed by atoms with Crippen molar-refractivity contribution in [1.29, 1.82) is 0 Å². The first-order valence-electron chi connectivity index (χ1n) is 9.99. The fourth-order valence-corrected chi connectivity index (χ4v) is 5.52. The van der Waals surface area contributed by atoms with Gasteiger partial charge < -0.3 is 10.6 Å². The molecule has 5 atom stereocenters. The van der Waals surface area contributed by atoms with E-state index in [0.717, 1.165) is 29.7 Å². The van der Waals surface area contributed by atoms with Crippen LogP contribution in [0.1, 0.15) is 27.2 Å². The Morgan fingerprint density at radius 3 is 2.18 bits per heavy atom. The van der Waals surface area contributed by atoms with Crippen LogP contribution in [0.4, 0.5) is 0 Å². The molecule has 0 aromatic heterocycles. The van der Waals surface area contributed by atoms with Crippen molar-refractivity contribution in [3.05, 3.63) is 74.4 Å². The first-order chi connectivity index (χ1) is 12.9. The lowest BCUT2D eigenvalue weighted by Gasteiger charge is -2.55. The van der Waals surface area contributed by atoms with Crippen LogP contribution in [0.2, 0.25) is 0 Å². The number of likely N-dealkylation sites (tertiary alicyclic amines) is 1. The first-order valence-corrected chi connectivity index (χ1v) is 9.99. The zero-order chi connectivity index (χ0) is 21.3. The maximum atomic E-state index is 6.80. The average Bonchev–Trinajstić information content (AvgIpc) is 3.04. The van der Waals surface area contributed by atoms with Gasteiger partial charge in [-0.1, -0.05) is 44.9 Å². The number of hydrazine groups is 1. The number of nitrogens with zero attached hydrogens (tertiary/aromatic N) is 2. The minimum absolute atomic E-state index is 0.0634. The van der Waals surface area contributed by atoms with E-state index in [1.54, 1.807) is 0 Å². The Kier molecular flexibility index (Phi) is 4.60. The molecule has 3 aliphatic rings. The number of nitrogens with one attached hydrogen (secondary N) is 1. The molecule has 3 heterocycles. The molecule has 3 saturated heterocycles. The van der Waals surface area contributed by atoms with Gasteiger partial charge in [0.25, 0.3) is 0 Å². The molecule has 0 radical (unpaired) electrons. The van der Waals surface area contributed by atoms with Crippen LogP contribution in [0, 0.1) is 11.8 Å². The highest BCUT2D eigenvalue weighted by atomic mass is 15.7. The minimum atomic E-state index is -0.955. The topological polar surface area (TPSA) is 44.5 Å². The number of nitrogens with two attached hydrogens (primary N) is 1. The molecule has 28 heavy (non-hydrogen) atoms. The Morgan fingerprint density at radius 1 is 1.14 bits per heavy atom. The Bertz CT molecular complexity index is 782. The SMILES string of the molecule is C=CC1(C=C)C(=C)C2(N)NN1C(C=C)(C(=C)C1CCN(C)C(C)(C)C1C)C2=C. The summed E-state index contributed by atoms with van der Waals surface area (Å²) < 4.78 is 0. The standard InChI is InChI=1S/C24H36N4/c1-11-22(12-2)18(6)24(25)19(7)23(13-3,28(22)26-24)17(5)20-14-15-27(10)21(8,9)16(20)4/h11-13,16,20,26H,1-3,5-7,14-15,25H2,4,8-10H3. The van der Waals surface area contributed by atoms with Gasteiger partial charge in [-0.2, -0.15) is 0 Å². The quantitative estimate of drug-likeness (QED) is 0.716. The van der Waals surface area contributed by atoms with E-state index in [1.807, 2.05) is 18.2 Å². The second-order valence-electron chi connectivity index (χ2n) is 9.20. The van der Waals surface area contributed by atoms with Crippen molar-refractivity contribution in [2.24, 2.45) is 17.6 Å². The van der Waals surface area contributed by atoms with Crippen LogP contribution in [0.25, 0.3) is 0 Å². The van der Waals surface area contributed by atoms with E-state index in [0.29, 0.717) is 11.8 Å². The molecule has 152 valence electrons. The van der Waals surface area contributed by atoms with E-state index in [2.05, 4.69) is 82.6 Å². The summed E-state index contributed by atoms with van der Waals surface area (Å²) in [6, 6.07) is 0. The first kappa shape index (κ1) is 21.0. The van der Waals surface area contributed by atoms with Gasteiger partial charge in [0.1, 0.15) is 11.2 Å². The molecule has 0 aromatic carbocycles. The van der Waals surface area contributed by atoms with Gasteiger partial charge in [0, 0.05) is 5.54 Å². The Hall–Kier alpha value is -1.72. The lowest BCUT2D eigenvalue weighted by molar-refractivity contribution is 0.0152. The van der Waals surface area contributed by atoms with Crippen LogP contribution in [0.3, 0.4) is 0 Å². The predicted octanol–water partition coefficient (Wildman–Crippen LogP) is 3.55. The highest BCUT2D eigenvalue weighted by Crippen LogP contribution is 2.59. The molecule has 3 N–H and O–H groups in total. The number of rotatable bonds is 5. The summed E-state index contributed by atoms with van der Waals surface area (Å²) in [5.74, 6) is 0.703. The van der Waals surface area contributed by atoms with Crippen molar-refractivity contribution in [2.75, 3.05) is 13.6 Å². The van der Waals surface area contributed by atoms with Crippen LogP contribution in [0.15, 0.2) is 74.4 Å². The number of fused-ring (bicyclic) bond motifs is 2. The van der Waals surface area contributed by atoms with Gasteiger partial charge in [0.15, 0.2) is 0 Å². The maximum Gasteiger partial charge on any atom is 0.128 e. The lowest BCUT2D eigenvalue weighted by atomic mass is 9.61. The van der Waals surface area contributed by atoms with Crippen molar-refractivity contribution in [3.63, 3.8) is 0 Å². The summed E-state index contributed by atoms with van der Waals surface area (Å²) in [5.41, 5.74) is 10.6. The Labute approximate surface area is 170 Å². The molecule has 3 aliphatic heterocycles. The van der Waals surface area contributed by atoms with Gasteiger partial charge in [-0.05, 0) is 62.4 Å². The Morgan fingerprint density at radius 2 is 1.71 bits per heavy atom. The third-order valence-electron chi connectivity index (χ3n) is 8.24. The third kappa shape index (κ3) is 2.09. The van der Waals surface area contributed by atoms with E-state index in [9.17, 15) is 0 Å². The normalized spacial score (nSPS) is 41.7. The summed E-state index contributed by atoms with van der Waals surface area (Å²) in [4.78, 5) is 2.43. The summed E-state index contributed by atoms with van der Waals surface area (Å²) in [6.45, 7) is 33.6. The zero-order valence-electron chi connectivity index (χ0n) is 18.0. The van der Waals surface area contributed by atoms with E-state index >= 15 is 0 Å². The van der Waals surface area contributed by atoms with Crippen molar-refractivity contribution >= 4 is 0 Å². The third-order valence-corrected chi connectivity index (χ3v) is 8.24. The van der Waals surface area contributed by atoms with Crippen LogP contribution in [0.5, 0.6) is 0 Å². The lowest BCUT2D eigenvalue weighted by Crippen LogP contribution is -2.63. The molecule has 0 amide bonds. The van der Waals surface area contributed by atoms with Gasteiger partial charge in [-0.15, -0.1) is 19.7 Å². The fourth-order valence-electron chi connectivity index (χ4n) is 5.52. The van der Waals surface area contributed by atoms with Crippen molar-refractivity contribution in [1.82, 2.24) is 15.3 Å². The van der Waals surface area contributed by atoms with E-state index in [-0.39, 0.29) is 5.54 Å². The number of piperidine rings is 2. The molecule has 0 saturated carbocycles. The smallest absolute Gasteiger partial charge is 0.128 e. The van der Waals surface area contributed by atoms with Gasteiger partial charge in [-0.3, -0.25) is 0 Å². The molecule has 2 bridgehead atoms. The summed E-state index contributed by atoms with van der Waals surface area (Å²) in [6.07, 6.45) is 6.63. The van der Waals surface area contributed by atoms with Crippen LogP contribution in [-0.4, -0.2) is 45.8 Å². The summed E-state index contributed by atoms with van der Waals surface area (Å²) in [5, 5.41) is 2.07. The van der Waals surface area contributed by atoms with E-state index in [4.69, 9.17) is 5.73 Å². The molecule has 0 spiro atoms. The monoisotopic (exact) mass is 380 g/mol. The molecule has 4 heteroatoms. The molecule has 0 aliphatic carbocycles. The number of hydrogen-bond donors (Lipinski definition) is 2. The van der Waals surface area contributed by atoms with E-state index in [1.165, 1.54) is 0 Å². The zero-order valence-corrected chi connectivity index (χ0v) is 18.0. The fraction of sp³-hybridized carbons (Fsp3) is 0.500. The van der Waals surface area contributed by atoms with Gasteiger partial charge in [0.2, 0.25) is 0 Å². The van der Waals surface area contributed by atoms with Gasteiger partial charge in [-0.25, -0.2) is 10.4 Å². The molecular formula is C24H36N4. The van der Waals surface area contributed by atoms with E-state index < -0.39 is 16.7 Å². The molecule has 5 unspecified atom stereocenters. The Balaban J connectivity index is 2.14. The highest BCUT2D eigenvalue weighted by molar-refractivity contribution is 5.63. The largest absolute Gasteiger partial charge is 0.305 e. The molecule has 3 fully saturated rings. The minimum Gasteiger partial charge on any atom is -0.305 e. The summed E-state index contributed by atoms with van der Waals surface area (Å²) >= 11 is 0. The van der Waals surface area contributed by atoms with Crippen LogP contribution >= 0.6 is 0 Å². The van der Waals surface area contributed by atoms with Crippen molar-refractivity contribution in [2.45, 2.75) is 49.5 Å². The number of hydrogen-bond acceptors (Lipinski definition) is 4. The van der Waals surface area contributed by atoms with Gasteiger partial charge in [0.05, 0.1) is 5.54 Å². The molecular weight excluding hydrogens is 344 g/mol. The maximum absolute atomic E-state index is 6.80. The van der Waals surface area contributed by atoms with Crippen molar-refractivity contribution < 1.29 is 0 Å². The van der Waals surface area contributed by atoms with Crippen LogP contribution < -0.4 is 11.2 Å².